The minimum atomic E-state index is -0.442. The van der Waals surface area contributed by atoms with Crippen molar-refractivity contribution in [1.29, 1.82) is 0 Å². The van der Waals surface area contributed by atoms with Gasteiger partial charge in [0.25, 0.3) is 0 Å². The first-order valence-electron chi connectivity index (χ1n) is 11.0. The third-order valence-electron chi connectivity index (χ3n) is 7.15. The molecule has 0 radical (unpaired) electrons. The molecule has 164 valence electrons. The first-order valence-corrected chi connectivity index (χ1v) is 11.0. The highest BCUT2D eigenvalue weighted by Crippen LogP contribution is 2.57. The summed E-state index contributed by atoms with van der Waals surface area (Å²) in [5.41, 5.74) is 0.669. The van der Waals surface area contributed by atoms with Gasteiger partial charge in [0.05, 0.1) is 20.0 Å². The van der Waals surface area contributed by atoms with Crippen LogP contribution in [0.2, 0.25) is 0 Å². The maximum Gasteiger partial charge on any atom is 0.414 e. The summed E-state index contributed by atoms with van der Waals surface area (Å²) in [6.45, 7) is 0.766. The van der Waals surface area contributed by atoms with Crippen LogP contribution in [0.25, 0.3) is 0 Å². The minimum absolute atomic E-state index is 0.0301. The van der Waals surface area contributed by atoms with Crippen LogP contribution in [0.1, 0.15) is 37.8 Å². The van der Waals surface area contributed by atoms with Crippen LogP contribution in [0.3, 0.4) is 0 Å². The zero-order valence-corrected chi connectivity index (χ0v) is 18.5. The molecule has 3 fully saturated rings. The number of aromatic nitrogens is 1. The predicted molar refractivity (Wildman–Crippen MR) is 111 cm³/mol. The van der Waals surface area contributed by atoms with Gasteiger partial charge in [0.2, 0.25) is 6.73 Å². The fourth-order valence-electron chi connectivity index (χ4n) is 5.77. The zero-order chi connectivity index (χ0) is 21.5. The molecule has 0 aliphatic heterocycles. The van der Waals surface area contributed by atoms with E-state index in [4.69, 9.17) is 9.47 Å². The van der Waals surface area contributed by atoms with Crippen LogP contribution in [0.4, 0.5) is 4.79 Å². The second kappa shape index (κ2) is 8.17. The van der Waals surface area contributed by atoms with Gasteiger partial charge in [-0.1, -0.05) is 0 Å². The van der Waals surface area contributed by atoms with Crippen LogP contribution in [0, 0.1) is 29.6 Å². The normalized spacial score (nSPS) is 29.5. The fourth-order valence-corrected chi connectivity index (χ4v) is 5.77. The largest absolute Gasteiger partial charge is 0.415 e. The smallest absolute Gasteiger partial charge is 0.414 e. The third kappa shape index (κ3) is 4.46. The summed E-state index contributed by atoms with van der Waals surface area (Å²) in [5.74, 6) is 3.43. The van der Waals surface area contributed by atoms with Crippen LogP contribution in [-0.4, -0.2) is 61.4 Å². The highest BCUT2D eigenvalue weighted by Gasteiger charge is 2.50. The Morgan fingerprint density at radius 3 is 2.53 bits per heavy atom. The van der Waals surface area contributed by atoms with E-state index in [0.717, 1.165) is 24.2 Å². The van der Waals surface area contributed by atoms with Gasteiger partial charge in [-0.05, 0) is 67.9 Å². The van der Waals surface area contributed by atoms with Crippen molar-refractivity contribution >= 4 is 12.1 Å². The van der Waals surface area contributed by atoms with E-state index in [1.54, 1.807) is 32.4 Å². The van der Waals surface area contributed by atoms with Gasteiger partial charge in [-0.25, -0.2) is 4.79 Å². The van der Waals surface area contributed by atoms with Crippen molar-refractivity contribution in [3.63, 3.8) is 0 Å². The molecular formula is C23H34N3O4+. The lowest BCUT2D eigenvalue weighted by atomic mass is 9.67. The lowest BCUT2D eigenvalue weighted by molar-refractivity contribution is -0.920. The van der Waals surface area contributed by atoms with Gasteiger partial charge >= 0.3 is 12.1 Å². The predicted octanol–water partition coefficient (Wildman–Crippen LogP) is 3.29. The van der Waals surface area contributed by atoms with Crippen molar-refractivity contribution < 1.29 is 23.5 Å². The molecule has 0 saturated heterocycles. The number of hydrogen-bond donors (Lipinski definition) is 0. The monoisotopic (exact) mass is 416 g/mol. The highest BCUT2D eigenvalue weighted by atomic mass is 16.6. The van der Waals surface area contributed by atoms with Gasteiger partial charge in [0.15, 0.2) is 5.75 Å². The quantitative estimate of drug-likeness (QED) is 0.404. The Balaban J connectivity index is 1.35. The molecule has 1 heterocycles. The number of amides is 1. The molecule has 1 aromatic heterocycles. The van der Waals surface area contributed by atoms with Crippen molar-refractivity contribution in [2.75, 3.05) is 34.9 Å². The summed E-state index contributed by atoms with van der Waals surface area (Å²) in [5, 5.41) is 0. The minimum Gasteiger partial charge on any atom is -0.415 e. The Bertz CT molecular complexity index is 807. The Morgan fingerprint density at radius 2 is 1.80 bits per heavy atom. The van der Waals surface area contributed by atoms with Gasteiger partial charge < -0.3 is 14.4 Å². The molecule has 5 atom stereocenters. The number of quaternary nitrogens is 1. The van der Waals surface area contributed by atoms with E-state index in [9.17, 15) is 9.59 Å². The molecule has 4 rings (SSSR count). The van der Waals surface area contributed by atoms with Crippen molar-refractivity contribution in [2.45, 2.75) is 38.6 Å². The molecule has 7 nitrogen and oxygen atoms in total. The molecule has 3 aliphatic carbocycles. The van der Waals surface area contributed by atoms with Crippen molar-refractivity contribution in [2.24, 2.45) is 29.6 Å². The molecule has 0 aromatic carbocycles. The van der Waals surface area contributed by atoms with Gasteiger partial charge in [0.1, 0.15) is 12.2 Å². The van der Waals surface area contributed by atoms with Crippen LogP contribution in [0.15, 0.2) is 18.3 Å². The molecule has 3 saturated carbocycles. The number of carbonyl (C=O) groups is 2. The molecular weight excluding hydrogens is 382 g/mol. The summed E-state index contributed by atoms with van der Waals surface area (Å²) >= 11 is 0. The van der Waals surface area contributed by atoms with Crippen molar-refractivity contribution in [3.8, 4) is 5.75 Å². The summed E-state index contributed by atoms with van der Waals surface area (Å²) < 4.78 is 11.7. The van der Waals surface area contributed by atoms with Crippen molar-refractivity contribution in [1.82, 2.24) is 9.88 Å². The Labute approximate surface area is 178 Å². The van der Waals surface area contributed by atoms with E-state index in [1.165, 1.54) is 30.6 Å². The van der Waals surface area contributed by atoms with Crippen LogP contribution < -0.4 is 4.74 Å². The molecule has 1 amide bonds. The molecule has 0 spiro atoms. The van der Waals surface area contributed by atoms with Gasteiger partial charge in [-0.3, -0.25) is 14.3 Å². The fraction of sp³-hybridized carbons (Fsp3) is 0.696. The summed E-state index contributed by atoms with van der Waals surface area (Å²) in [6.07, 6.45) is 7.39. The first-order chi connectivity index (χ1) is 14.2. The molecule has 1 aromatic rings. The number of nitrogens with zero attached hydrogens (tertiary/aromatic N) is 3. The average molecular weight is 417 g/mol. The average Bonchev–Trinajstić information content (AvgIpc) is 2.89. The number of rotatable bonds is 6. The van der Waals surface area contributed by atoms with Crippen LogP contribution in [-0.2, 0) is 16.1 Å². The summed E-state index contributed by atoms with van der Waals surface area (Å²) in [6, 6.07) is 3.48. The van der Waals surface area contributed by atoms with Gasteiger partial charge in [-0.15, -0.1) is 0 Å². The van der Waals surface area contributed by atoms with E-state index in [2.05, 4.69) is 4.98 Å². The van der Waals surface area contributed by atoms with E-state index in [-0.39, 0.29) is 18.6 Å². The number of fused-ring (bicyclic) bond motifs is 2. The molecule has 3 aliphatic rings. The number of pyridine rings is 1. The Hall–Kier alpha value is -2.15. The van der Waals surface area contributed by atoms with Gasteiger partial charge in [-0.2, -0.15) is 0 Å². The van der Waals surface area contributed by atoms with Crippen LogP contribution >= 0.6 is 0 Å². The lowest BCUT2D eigenvalue weighted by Crippen LogP contribution is -2.44. The van der Waals surface area contributed by atoms with E-state index >= 15 is 0 Å². The first kappa shape index (κ1) is 21.1. The number of esters is 1. The Morgan fingerprint density at radius 1 is 1.10 bits per heavy atom. The SMILES string of the molecule is CN(C)C(=O)Oc1cccnc1C[N+](C)(C)COC(=O)[C@@H]1C[C@@H]2C[C@H]3C[C@H]2C[C@H]1C3. The molecule has 30 heavy (non-hydrogen) atoms. The van der Waals surface area contributed by atoms with E-state index < -0.39 is 6.09 Å². The summed E-state index contributed by atoms with van der Waals surface area (Å²) in [7, 11) is 7.27. The number of carbonyl (C=O) groups excluding carboxylic acids is 2. The lowest BCUT2D eigenvalue weighted by Gasteiger charge is -2.39. The molecule has 3 bridgehead atoms. The van der Waals surface area contributed by atoms with Gasteiger partial charge in [0, 0.05) is 20.3 Å². The van der Waals surface area contributed by atoms with E-state index in [0.29, 0.717) is 28.4 Å². The highest BCUT2D eigenvalue weighted by molar-refractivity contribution is 5.73. The topological polar surface area (TPSA) is 68.7 Å². The van der Waals surface area contributed by atoms with E-state index in [1.807, 2.05) is 14.1 Å². The summed E-state index contributed by atoms with van der Waals surface area (Å²) in [4.78, 5) is 30.6. The Kier molecular flexibility index (Phi) is 5.75. The standard InChI is InChI=1S/C23H34N3O4/c1-25(2)23(28)30-21-6-5-7-24-20(21)13-26(3,4)14-29-22(27)19-12-17-9-15-8-16(17)11-18(19)10-15/h5-7,15-19H,8-14H2,1-4H3/q+1/t15-,16+,17+,18-,19-/m1/s1. The molecule has 7 heteroatoms. The second-order valence-electron chi connectivity index (χ2n) is 10.3. The second-order valence-corrected chi connectivity index (χ2v) is 10.3. The van der Waals surface area contributed by atoms with Crippen molar-refractivity contribution in [3.05, 3.63) is 24.0 Å². The number of ether oxygens (including phenoxy) is 2. The van der Waals surface area contributed by atoms with Crippen LogP contribution in [0.5, 0.6) is 5.75 Å². The third-order valence-corrected chi connectivity index (χ3v) is 7.15. The maximum absolute atomic E-state index is 12.9. The number of hydrogen-bond acceptors (Lipinski definition) is 5. The molecule has 0 N–H and O–H groups in total. The zero-order valence-electron chi connectivity index (χ0n) is 18.5. The maximum atomic E-state index is 12.9. The molecule has 0 unspecified atom stereocenters.